The van der Waals surface area contributed by atoms with E-state index in [4.69, 9.17) is 0 Å². The molecule has 0 bridgehead atoms. The molecule has 0 unspecified atom stereocenters. The van der Waals surface area contributed by atoms with Crippen molar-refractivity contribution >= 4 is 0 Å². The Morgan fingerprint density at radius 3 is 2.71 bits per heavy atom. The highest BCUT2D eigenvalue weighted by atomic mass is 19.1. The van der Waals surface area contributed by atoms with Gasteiger partial charge in [0, 0.05) is 19.2 Å². The first kappa shape index (κ1) is 11.8. The fraction of sp³-hybridized carbons (Fsp3) is 0.308. The Morgan fingerprint density at radius 1 is 1.35 bits per heavy atom. The van der Waals surface area contributed by atoms with Crippen LogP contribution in [0.2, 0.25) is 0 Å². The third-order valence-electron chi connectivity index (χ3n) is 2.86. The molecule has 0 radical (unpaired) electrons. The van der Waals surface area contributed by atoms with Crippen LogP contribution in [-0.4, -0.2) is 16.6 Å². The molecule has 0 amide bonds. The molecule has 0 saturated heterocycles. The molecular weight excluding hydrogens is 217 g/mol. The summed E-state index contributed by atoms with van der Waals surface area (Å²) < 4.78 is 15.7. The van der Waals surface area contributed by atoms with E-state index in [1.807, 2.05) is 31.7 Å². The summed E-state index contributed by atoms with van der Waals surface area (Å²) in [7, 11) is 3.76. The molecule has 2 rings (SSSR count). The summed E-state index contributed by atoms with van der Waals surface area (Å²) in [4.78, 5) is 4.45. The third kappa shape index (κ3) is 2.08. The number of aromatic nitrogens is 2. The molecule has 0 spiro atoms. The van der Waals surface area contributed by atoms with Crippen LogP contribution >= 0.6 is 0 Å². The maximum atomic E-state index is 13.8. The Labute approximate surface area is 100 Å². The molecular formula is C13H16FN3. The highest BCUT2D eigenvalue weighted by Crippen LogP contribution is 2.26. The van der Waals surface area contributed by atoms with Gasteiger partial charge in [0.15, 0.2) is 0 Å². The van der Waals surface area contributed by atoms with Crippen LogP contribution in [0.25, 0.3) is 11.3 Å². The second kappa shape index (κ2) is 4.67. The average Bonchev–Trinajstić information content (AvgIpc) is 2.57. The number of halogens is 1. The topological polar surface area (TPSA) is 29.9 Å². The lowest BCUT2D eigenvalue weighted by atomic mass is 10.1. The quantitative estimate of drug-likeness (QED) is 0.881. The number of benzene rings is 1. The Hall–Kier alpha value is -1.68. The first-order valence-electron chi connectivity index (χ1n) is 5.57. The lowest BCUT2D eigenvalue weighted by molar-refractivity contribution is 0.629. The SMILES string of the molecule is CNCc1nc(C)n(C)c1-c1ccccc1F. The van der Waals surface area contributed by atoms with E-state index in [9.17, 15) is 4.39 Å². The molecule has 2 aromatic rings. The number of hydrogen-bond donors (Lipinski definition) is 1. The summed E-state index contributed by atoms with van der Waals surface area (Å²) >= 11 is 0. The van der Waals surface area contributed by atoms with Crippen LogP contribution in [0.4, 0.5) is 4.39 Å². The van der Waals surface area contributed by atoms with Crippen molar-refractivity contribution < 1.29 is 4.39 Å². The van der Waals surface area contributed by atoms with E-state index in [1.165, 1.54) is 6.07 Å². The molecule has 1 heterocycles. The fourth-order valence-corrected chi connectivity index (χ4v) is 1.96. The number of imidazole rings is 1. The molecule has 90 valence electrons. The highest BCUT2D eigenvalue weighted by molar-refractivity contribution is 5.63. The minimum Gasteiger partial charge on any atom is -0.331 e. The number of hydrogen-bond acceptors (Lipinski definition) is 2. The van der Waals surface area contributed by atoms with E-state index >= 15 is 0 Å². The second-order valence-electron chi connectivity index (χ2n) is 4.02. The van der Waals surface area contributed by atoms with E-state index in [0.29, 0.717) is 12.1 Å². The van der Waals surface area contributed by atoms with Gasteiger partial charge in [-0.15, -0.1) is 0 Å². The van der Waals surface area contributed by atoms with Crippen LogP contribution in [0, 0.1) is 12.7 Å². The van der Waals surface area contributed by atoms with Crippen molar-refractivity contribution in [3.63, 3.8) is 0 Å². The van der Waals surface area contributed by atoms with Gasteiger partial charge in [-0.2, -0.15) is 0 Å². The smallest absolute Gasteiger partial charge is 0.132 e. The molecule has 0 saturated carbocycles. The molecule has 1 N–H and O–H groups in total. The van der Waals surface area contributed by atoms with Gasteiger partial charge in [0.25, 0.3) is 0 Å². The van der Waals surface area contributed by atoms with Gasteiger partial charge in [-0.1, -0.05) is 12.1 Å². The van der Waals surface area contributed by atoms with Gasteiger partial charge in [-0.05, 0) is 26.1 Å². The number of rotatable bonds is 3. The number of nitrogens with one attached hydrogen (secondary N) is 1. The van der Waals surface area contributed by atoms with Gasteiger partial charge in [-0.3, -0.25) is 0 Å². The summed E-state index contributed by atoms with van der Waals surface area (Å²) in [6.07, 6.45) is 0. The first-order valence-corrected chi connectivity index (χ1v) is 5.57. The molecule has 0 aliphatic carbocycles. The van der Waals surface area contributed by atoms with Gasteiger partial charge in [0.05, 0.1) is 11.4 Å². The predicted molar refractivity (Wildman–Crippen MR) is 66.1 cm³/mol. The van der Waals surface area contributed by atoms with Crippen molar-refractivity contribution in [2.75, 3.05) is 7.05 Å². The largest absolute Gasteiger partial charge is 0.331 e. The summed E-state index contributed by atoms with van der Waals surface area (Å²) in [6, 6.07) is 6.79. The van der Waals surface area contributed by atoms with Crippen molar-refractivity contribution in [2.45, 2.75) is 13.5 Å². The second-order valence-corrected chi connectivity index (χ2v) is 4.02. The summed E-state index contributed by atoms with van der Waals surface area (Å²) in [5, 5.41) is 3.06. The van der Waals surface area contributed by atoms with Crippen molar-refractivity contribution in [1.82, 2.24) is 14.9 Å². The summed E-state index contributed by atoms with van der Waals surface area (Å²) in [5.74, 6) is 0.668. The zero-order chi connectivity index (χ0) is 12.4. The minimum absolute atomic E-state index is 0.215. The van der Waals surface area contributed by atoms with Crippen molar-refractivity contribution in [3.8, 4) is 11.3 Å². The van der Waals surface area contributed by atoms with Crippen molar-refractivity contribution in [2.24, 2.45) is 7.05 Å². The van der Waals surface area contributed by atoms with Crippen molar-refractivity contribution in [3.05, 3.63) is 41.6 Å². The maximum Gasteiger partial charge on any atom is 0.132 e. The molecule has 1 aromatic carbocycles. The summed E-state index contributed by atoms with van der Waals surface area (Å²) in [5.41, 5.74) is 2.31. The van der Waals surface area contributed by atoms with Gasteiger partial charge >= 0.3 is 0 Å². The van der Waals surface area contributed by atoms with E-state index in [1.54, 1.807) is 12.1 Å². The average molecular weight is 233 g/mol. The van der Waals surface area contributed by atoms with Crippen LogP contribution in [0.3, 0.4) is 0 Å². The van der Waals surface area contributed by atoms with Gasteiger partial charge in [0.1, 0.15) is 11.6 Å². The first-order chi connectivity index (χ1) is 8.15. The normalized spacial score (nSPS) is 10.8. The van der Waals surface area contributed by atoms with Crippen LogP contribution in [0.15, 0.2) is 24.3 Å². The van der Waals surface area contributed by atoms with Crippen LogP contribution in [0.1, 0.15) is 11.5 Å². The standard InChI is InChI=1S/C13H16FN3/c1-9-16-12(8-15-2)13(17(9)3)10-6-4-5-7-11(10)14/h4-7,15H,8H2,1-3H3. The molecule has 0 fully saturated rings. The van der Waals surface area contributed by atoms with E-state index in [0.717, 1.165) is 17.2 Å². The maximum absolute atomic E-state index is 13.8. The molecule has 0 aliphatic rings. The van der Waals surface area contributed by atoms with E-state index in [-0.39, 0.29) is 5.82 Å². The van der Waals surface area contributed by atoms with E-state index < -0.39 is 0 Å². The Kier molecular flexibility index (Phi) is 3.24. The number of aryl methyl sites for hydroxylation is 1. The Balaban J connectivity index is 2.61. The van der Waals surface area contributed by atoms with E-state index in [2.05, 4.69) is 10.3 Å². The Bertz CT molecular complexity index is 531. The van der Waals surface area contributed by atoms with Crippen LogP contribution in [-0.2, 0) is 13.6 Å². The summed E-state index contributed by atoms with van der Waals surface area (Å²) in [6.45, 7) is 2.55. The molecule has 3 nitrogen and oxygen atoms in total. The zero-order valence-electron chi connectivity index (χ0n) is 10.3. The minimum atomic E-state index is -0.215. The number of nitrogens with zero attached hydrogens (tertiary/aromatic N) is 2. The molecule has 0 atom stereocenters. The fourth-order valence-electron chi connectivity index (χ4n) is 1.96. The van der Waals surface area contributed by atoms with Crippen LogP contribution < -0.4 is 5.32 Å². The Morgan fingerprint density at radius 2 is 2.06 bits per heavy atom. The van der Waals surface area contributed by atoms with Gasteiger partial charge in [0.2, 0.25) is 0 Å². The predicted octanol–water partition coefficient (Wildman–Crippen LogP) is 2.25. The van der Waals surface area contributed by atoms with Gasteiger partial charge < -0.3 is 9.88 Å². The van der Waals surface area contributed by atoms with Crippen LogP contribution in [0.5, 0.6) is 0 Å². The lowest BCUT2D eigenvalue weighted by Crippen LogP contribution is -2.07. The molecule has 4 heteroatoms. The van der Waals surface area contributed by atoms with Crippen molar-refractivity contribution in [1.29, 1.82) is 0 Å². The molecule has 1 aromatic heterocycles. The monoisotopic (exact) mass is 233 g/mol. The molecule has 17 heavy (non-hydrogen) atoms. The van der Waals surface area contributed by atoms with Gasteiger partial charge in [-0.25, -0.2) is 9.37 Å². The lowest BCUT2D eigenvalue weighted by Gasteiger charge is -2.07. The third-order valence-corrected chi connectivity index (χ3v) is 2.86. The molecule has 0 aliphatic heterocycles. The zero-order valence-corrected chi connectivity index (χ0v) is 10.3. The highest BCUT2D eigenvalue weighted by Gasteiger charge is 2.16.